The molecule has 0 aliphatic rings. The minimum atomic E-state index is -0.664. The molecule has 2 rings (SSSR count). The van der Waals surface area contributed by atoms with E-state index in [9.17, 15) is 9.59 Å². The number of rotatable bonds is 8. The van der Waals surface area contributed by atoms with Crippen LogP contribution in [0.2, 0.25) is 0 Å². The van der Waals surface area contributed by atoms with Gasteiger partial charge in [-0.15, -0.1) is 23.7 Å². The molecule has 1 unspecified atom stereocenters. The fourth-order valence-electron chi connectivity index (χ4n) is 2.09. The van der Waals surface area contributed by atoms with Gasteiger partial charge in [-0.2, -0.15) is 0 Å². The highest BCUT2D eigenvalue weighted by molar-refractivity contribution is 7.10. The third kappa shape index (κ3) is 7.00. The van der Waals surface area contributed by atoms with Crippen molar-refractivity contribution in [1.82, 2.24) is 5.32 Å². The molecule has 1 atom stereocenters. The number of primary amides is 1. The highest BCUT2D eigenvalue weighted by Gasteiger charge is 2.18. The third-order valence-corrected chi connectivity index (χ3v) is 4.10. The molecule has 0 aliphatic heterocycles. The molecule has 25 heavy (non-hydrogen) atoms. The normalized spacial score (nSPS) is 11.1. The van der Waals surface area contributed by atoms with Crippen LogP contribution in [0.15, 0.2) is 41.8 Å². The largest absolute Gasteiger partial charge is 0.492 e. The lowest BCUT2D eigenvalue weighted by atomic mass is 10.1. The van der Waals surface area contributed by atoms with Gasteiger partial charge in [0.15, 0.2) is 0 Å². The van der Waals surface area contributed by atoms with E-state index in [1.54, 1.807) is 24.3 Å². The lowest BCUT2D eigenvalue weighted by Crippen LogP contribution is -2.34. The van der Waals surface area contributed by atoms with E-state index in [0.717, 1.165) is 4.88 Å². The second-order valence-electron chi connectivity index (χ2n) is 4.99. The summed E-state index contributed by atoms with van der Waals surface area (Å²) in [5, 5.41) is 7.25. The SMILES string of the molecule is Cl.NCCOc1ccc(NC(=O)CC(NC(N)=O)c2cccs2)cc1. The summed E-state index contributed by atoms with van der Waals surface area (Å²) in [6.45, 7) is 0.877. The molecule has 1 aromatic carbocycles. The van der Waals surface area contributed by atoms with E-state index in [1.165, 1.54) is 11.3 Å². The predicted molar refractivity (Wildman–Crippen MR) is 101 cm³/mol. The summed E-state index contributed by atoms with van der Waals surface area (Å²) in [4.78, 5) is 24.2. The summed E-state index contributed by atoms with van der Waals surface area (Å²) in [5.74, 6) is 0.461. The average molecular weight is 385 g/mol. The maximum atomic E-state index is 12.2. The monoisotopic (exact) mass is 384 g/mol. The molecular formula is C16H21ClN4O3S. The molecule has 1 aromatic heterocycles. The van der Waals surface area contributed by atoms with Gasteiger partial charge in [-0.25, -0.2) is 4.79 Å². The van der Waals surface area contributed by atoms with Crippen molar-refractivity contribution in [2.24, 2.45) is 11.5 Å². The standard InChI is InChI=1S/C16H20N4O3S.ClH/c17-7-8-23-12-5-3-11(4-6-12)19-15(21)10-13(20-16(18)22)14-2-1-9-24-14;/h1-6,9,13H,7-8,10,17H2,(H,19,21)(H3,18,20,22);1H. The van der Waals surface area contributed by atoms with Crippen molar-refractivity contribution < 1.29 is 14.3 Å². The number of thiophene rings is 1. The van der Waals surface area contributed by atoms with Crippen LogP contribution in [0.3, 0.4) is 0 Å². The van der Waals surface area contributed by atoms with Crippen molar-refractivity contribution in [2.45, 2.75) is 12.5 Å². The summed E-state index contributed by atoms with van der Waals surface area (Å²) >= 11 is 1.45. The summed E-state index contributed by atoms with van der Waals surface area (Å²) in [7, 11) is 0. The van der Waals surface area contributed by atoms with Crippen LogP contribution in [0.1, 0.15) is 17.3 Å². The van der Waals surface area contributed by atoms with Gasteiger partial charge in [-0.05, 0) is 35.7 Å². The Kier molecular flexibility index (Phi) is 8.76. The highest BCUT2D eigenvalue weighted by atomic mass is 35.5. The molecule has 2 aromatic rings. The fraction of sp³-hybridized carbons (Fsp3) is 0.250. The van der Waals surface area contributed by atoms with Crippen LogP contribution in [-0.2, 0) is 4.79 Å². The molecule has 0 aliphatic carbocycles. The third-order valence-electron chi connectivity index (χ3n) is 3.12. The number of hydrogen-bond donors (Lipinski definition) is 4. The molecule has 0 saturated heterocycles. The Balaban J connectivity index is 0.00000312. The Bertz CT molecular complexity index is 665. The summed E-state index contributed by atoms with van der Waals surface area (Å²) in [5.41, 5.74) is 11.2. The van der Waals surface area contributed by atoms with Crippen molar-refractivity contribution in [3.8, 4) is 5.75 Å². The second kappa shape index (κ2) is 10.5. The van der Waals surface area contributed by atoms with Gasteiger partial charge in [0, 0.05) is 17.1 Å². The van der Waals surface area contributed by atoms with Gasteiger partial charge < -0.3 is 26.8 Å². The zero-order chi connectivity index (χ0) is 17.4. The van der Waals surface area contributed by atoms with Crippen LogP contribution in [0.25, 0.3) is 0 Å². The molecule has 136 valence electrons. The first-order valence-corrected chi connectivity index (χ1v) is 8.28. The summed E-state index contributed by atoms with van der Waals surface area (Å²) in [6.07, 6.45) is 0.0921. The van der Waals surface area contributed by atoms with Gasteiger partial charge in [-0.3, -0.25) is 4.79 Å². The first-order valence-electron chi connectivity index (χ1n) is 7.40. The van der Waals surface area contributed by atoms with Crippen molar-refractivity contribution in [2.75, 3.05) is 18.5 Å². The second-order valence-corrected chi connectivity index (χ2v) is 5.97. The minimum Gasteiger partial charge on any atom is -0.492 e. The Morgan fingerprint density at radius 1 is 1.20 bits per heavy atom. The number of nitrogens with two attached hydrogens (primary N) is 2. The lowest BCUT2D eigenvalue weighted by molar-refractivity contribution is -0.116. The van der Waals surface area contributed by atoms with Gasteiger partial charge in [0.05, 0.1) is 12.5 Å². The molecule has 9 heteroatoms. The van der Waals surface area contributed by atoms with Gasteiger partial charge in [-0.1, -0.05) is 6.07 Å². The molecule has 0 fully saturated rings. The maximum absolute atomic E-state index is 12.2. The summed E-state index contributed by atoms with van der Waals surface area (Å²) < 4.78 is 5.37. The predicted octanol–water partition coefficient (Wildman–Crippen LogP) is 2.25. The number of anilines is 1. The molecule has 6 N–H and O–H groups in total. The zero-order valence-electron chi connectivity index (χ0n) is 13.4. The van der Waals surface area contributed by atoms with E-state index >= 15 is 0 Å². The number of urea groups is 1. The van der Waals surface area contributed by atoms with Crippen molar-refractivity contribution in [3.05, 3.63) is 46.7 Å². The number of halogens is 1. The molecule has 1 heterocycles. The van der Waals surface area contributed by atoms with Crippen LogP contribution in [0.5, 0.6) is 5.75 Å². The number of benzene rings is 1. The zero-order valence-corrected chi connectivity index (χ0v) is 15.1. The fourth-order valence-corrected chi connectivity index (χ4v) is 2.87. The molecule has 0 spiro atoms. The molecule has 0 saturated carbocycles. The van der Waals surface area contributed by atoms with Crippen molar-refractivity contribution in [3.63, 3.8) is 0 Å². The Morgan fingerprint density at radius 2 is 1.92 bits per heavy atom. The summed E-state index contributed by atoms with van der Waals surface area (Å²) in [6, 6.07) is 9.58. The number of ether oxygens (including phenoxy) is 1. The van der Waals surface area contributed by atoms with E-state index in [4.69, 9.17) is 16.2 Å². The maximum Gasteiger partial charge on any atom is 0.312 e. The molecular weight excluding hydrogens is 364 g/mol. The number of carbonyl (C=O) groups excluding carboxylic acids is 2. The van der Waals surface area contributed by atoms with Crippen molar-refractivity contribution >= 4 is 41.4 Å². The van der Waals surface area contributed by atoms with E-state index in [-0.39, 0.29) is 24.7 Å². The first-order chi connectivity index (χ1) is 11.6. The Hall–Kier alpha value is -2.29. The minimum absolute atomic E-state index is 0. The van der Waals surface area contributed by atoms with Crippen LogP contribution in [0.4, 0.5) is 10.5 Å². The van der Waals surface area contributed by atoms with Crippen LogP contribution >= 0.6 is 23.7 Å². The quantitative estimate of drug-likeness (QED) is 0.557. The molecule has 7 nitrogen and oxygen atoms in total. The smallest absolute Gasteiger partial charge is 0.312 e. The highest BCUT2D eigenvalue weighted by Crippen LogP contribution is 2.23. The first kappa shape index (κ1) is 20.8. The van der Waals surface area contributed by atoms with Crippen molar-refractivity contribution in [1.29, 1.82) is 0 Å². The van der Waals surface area contributed by atoms with Crippen LogP contribution in [-0.4, -0.2) is 25.1 Å². The van der Waals surface area contributed by atoms with Gasteiger partial charge in [0.25, 0.3) is 0 Å². The van der Waals surface area contributed by atoms with E-state index in [0.29, 0.717) is 24.6 Å². The van der Waals surface area contributed by atoms with Gasteiger partial charge in [0.2, 0.25) is 5.91 Å². The van der Waals surface area contributed by atoms with E-state index in [2.05, 4.69) is 10.6 Å². The topological polar surface area (TPSA) is 119 Å². The molecule has 0 radical (unpaired) electrons. The van der Waals surface area contributed by atoms with Crippen LogP contribution in [0, 0.1) is 0 Å². The Morgan fingerprint density at radius 3 is 2.48 bits per heavy atom. The van der Waals surface area contributed by atoms with Crippen LogP contribution < -0.4 is 26.8 Å². The molecule has 0 bridgehead atoms. The number of carbonyl (C=O) groups is 2. The van der Waals surface area contributed by atoms with Gasteiger partial charge >= 0.3 is 6.03 Å². The lowest BCUT2D eigenvalue weighted by Gasteiger charge is -2.16. The number of amides is 3. The Labute approximate surface area is 156 Å². The number of hydrogen-bond acceptors (Lipinski definition) is 5. The molecule has 3 amide bonds. The van der Waals surface area contributed by atoms with E-state index < -0.39 is 12.1 Å². The van der Waals surface area contributed by atoms with Gasteiger partial charge in [0.1, 0.15) is 12.4 Å². The average Bonchev–Trinajstić information content (AvgIpc) is 3.07. The van der Waals surface area contributed by atoms with E-state index in [1.807, 2.05) is 17.5 Å². The number of nitrogens with one attached hydrogen (secondary N) is 2.